The van der Waals surface area contributed by atoms with Crippen LogP contribution < -0.4 is 11.1 Å². The summed E-state index contributed by atoms with van der Waals surface area (Å²) in [6, 6.07) is 15.0. The number of amides is 2. The zero-order chi connectivity index (χ0) is 17.8. The first-order valence-corrected chi connectivity index (χ1v) is 7.81. The molecule has 0 bridgehead atoms. The lowest BCUT2D eigenvalue weighted by molar-refractivity contribution is -0.118. The van der Waals surface area contributed by atoms with Gasteiger partial charge in [-0.2, -0.15) is 0 Å². The molecule has 3 rings (SSSR count). The molecule has 126 valence electrons. The van der Waals surface area contributed by atoms with E-state index in [1.807, 2.05) is 47.2 Å². The van der Waals surface area contributed by atoms with Crippen molar-refractivity contribution in [1.82, 2.24) is 4.57 Å². The van der Waals surface area contributed by atoms with Crippen LogP contribution in [0.5, 0.6) is 0 Å². The molecule has 0 saturated carbocycles. The predicted octanol–water partition coefficient (Wildman–Crippen LogP) is 2.84. The molecule has 0 fully saturated rings. The van der Waals surface area contributed by atoms with E-state index >= 15 is 0 Å². The van der Waals surface area contributed by atoms with Gasteiger partial charge in [-0.05, 0) is 30.3 Å². The smallest absolute Gasteiger partial charge is 0.237 e. The van der Waals surface area contributed by atoms with Gasteiger partial charge in [-0.25, -0.2) is 0 Å². The lowest BCUT2D eigenvalue weighted by atomic mass is 10.2. The summed E-state index contributed by atoms with van der Waals surface area (Å²) < 4.78 is 1.82. The van der Waals surface area contributed by atoms with Crippen molar-refractivity contribution in [2.75, 3.05) is 5.32 Å². The second-order valence-electron chi connectivity index (χ2n) is 5.68. The van der Waals surface area contributed by atoms with Crippen LogP contribution in [0.4, 0.5) is 11.4 Å². The molecule has 1 heterocycles. The van der Waals surface area contributed by atoms with E-state index in [4.69, 9.17) is 5.73 Å². The molecule has 0 saturated heterocycles. The standard InChI is InChI=1S/C19H18N4O2/c1-13(24)22-16-8-6-15(7-9-16)21-10-14-11-23(12-19(20)25)18-5-3-2-4-17(14)18/h2-11H,12H2,1H3,(H2,20,25)(H,22,24). The number of hydrogen-bond acceptors (Lipinski definition) is 3. The summed E-state index contributed by atoms with van der Waals surface area (Å²) in [5.41, 5.74) is 8.65. The minimum atomic E-state index is -0.391. The van der Waals surface area contributed by atoms with Gasteiger partial charge in [0.2, 0.25) is 11.8 Å². The van der Waals surface area contributed by atoms with Crippen LogP contribution in [0, 0.1) is 0 Å². The van der Waals surface area contributed by atoms with Crippen LogP contribution in [-0.4, -0.2) is 22.6 Å². The van der Waals surface area contributed by atoms with Crippen LogP contribution in [0.3, 0.4) is 0 Å². The number of nitrogens with zero attached hydrogens (tertiary/aromatic N) is 2. The maximum atomic E-state index is 11.2. The first kappa shape index (κ1) is 16.4. The Balaban J connectivity index is 1.88. The number of carbonyl (C=O) groups excluding carboxylic acids is 2. The summed E-state index contributed by atoms with van der Waals surface area (Å²) in [7, 11) is 0. The highest BCUT2D eigenvalue weighted by molar-refractivity contribution is 6.00. The Kier molecular flexibility index (Phi) is 4.61. The molecule has 3 N–H and O–H groups in total. The Bertz CT molecular complexity index is 955. The molecule has 0 aliphatic rings. The number of benzene rings is 2. The van der Waals surface area contributed by atoms with Crippen molar-refractivity contribution >= 4 is 40.3 Å². The molecule has 0 spiro atoms. The quantitative estimate of drug-likeness (QED) is 0.703. The zero-order valence-corrected chi connectivity index (χ0v) is 13.8. The number of para-hydroxylation sites is 1. The fraction of sp³-hybridized carbons (Fsp3) is 0.105. The van der Waals surface area contributed by atoms with Crippen LogP contribution in [-0.2, 0) is 16.1 Å². The third kappa shape index (κ3) is 3.92. The number of rotatable bonds is 5. The topological polar surface area (TPSA) is 89.5 Å². The summed E-state index contributed by atoms with van der Waals surface area (Å²) in [5.74, 6) is -0.503. The SMILES string of the molecule is CC(=O)Nc1ccc(N=Cc2cn(CC(N)=O)c3ccccc23)cc1. The summed E-state index contributed by atoms with van der Waals surface area (Å²) >= 11 is 0. The van der Waals surface area contributed by atoms with Crippen molar-refractivity contribution in [3.63, 3.8) is 0 Å². The first-order valence-electron chi connectivity index (χ1n) is 7.81. The van der Waals surface area contributed by atoms with Gasteiger partial charge < -0.3 is 15.6 Å². The normalized spacial score (nSPS) is 11.1. The van der Waals surface area contributed by atoms with Gasteiger partial charge in [0.05, 0.1) is 5.69 Å². The van der Waals surface area contributed by atoms with E-state index in [-0.39, 0.29) is 12.5 Å². The maximum Gasteiger partial charge on any atom is 0.237 e. The molecular formula is C19H18N4O2. The highest BCUT2D eigenvalue weighted by Crippen LogP contribution is 2.21. The minimum absolute atomic E-state index is 0.112. The van der Waals surface area contributed by atoms with E-state index in [9.17, 15) is 9.59 Å². The molecule has 6 nitrogen and oxygen atoms in total. The Morgan fingerprint density at radius 1 is 1.16 bits per heavy atom. The van der Waals surface area contributed by atoms with Gasteiger partial charge in [0.15, 0.2) is 0 Å². The molecule has 0 aliphatic heterocycles. The molecule has 25 heavy (non-hydrogen) atoms. The number of carbonyl (C=O) groups is 2. The Hall–Kier alpha value is -3.41. The summed E-state index contributed by atoms with van der Waals surface area (Å²) in [6.45, 7) is 1.59. The van der Waals surface area contributed by atoms with E-state index in [1.54, 1.807) is 18.3 Å². The van der Waals surface area contributed by atoms with E-state index in [1.165, 1.54) is 6.92 Å². The van der Waals surface area contributed by atoms with Crippen molar-refractivity contribution < 1.29 is 9.59 Å². The molecule has 0 unspecified atom stereocenters. The van der Waals surface area contributed by atoms with Crippen molar-refractivity contribution in [3.05, 3.63) is 60.3 Å². The zero-order valence-electron chi connectivity index (χ0n) is 13.8. The van der Waals surface area contributed by atoms with Crippen LogP contribution in [0.25, 0.3) is 10.9 Å². The predicted molar refractivity (Wildman–Crippen MR) is 99.1 cm³/mol. The molecular weight excluding hydrogens is 316 g/mol. The molecule has 0 aliphatic carbocycles. The number of nitrogens with one attached hydrogen (secondary N) is 1. The van der Waals surface area contributed by atoms with Crippen molar-refractivity contribution in [3.8, 4) is 0 Å². The van der Waals surface area contributed by atoms with Crippen LogP contribution in [0.2, 0.25) is 0 Å². The number of primary amides is 1. The van der Waals surface area contributed by atoms with Gasteiger partial charge in [-0.1, -0.05) is 18.2 Å². The molecule has 3 aromatic rings. The number of hydrogen-bond donors (Lipinski definition) is 2. The maximum absolute atomic E-state index is 11.2. The van der Waals surface area contributed by atoms with Gasteiger partial charge >= 0.3 is 0 Å². The van der Waals surface area contributed by atoms with Gasteiger partial charge in [0.25, 0.3) is 0 Å². The van der Waals surface area contributed by atoms with Crippen LogP contribution >= 0.6 is 0 Å². The monoisotopic (exact) mass is 334 g/mol. The highest BCUT2D eigenvalue weighted by atomic mass is 16.1. The number of anilines is 1. The second kappa shape index (κ2) is 7.00. The van der Waals surface area contributed by atoms with Crippen LogP contribution in [0.1, 0.15) is 12.5 Å². The Labute approximate surface area is 145 Å². The number of aliphatic imine (C=N–C) groups is 1. The minimum Gasteiger partial charge on any atom is -0.368 e. The number of nitrogens with two attached hydrogens (primary N) is 1. The van der Waals surface area contributed by atoms with Crippen molar-refractivity contribution in [1.29, 1.82) is 0 Å². The summed E-state index contributed by atoms with van der Waals surface area (Å²) in [6.07, 6.45) is 3.62. The highest BCUT2D eigenvalue weighted by Gasteiger charge is 2.08. The fourth-order valence-electron chi connectivity index (χ4n) is 2.65. The lowest BCUT2D eigenvalue weighted by Crippen LogP contribution is -2.17. The van der Waals surface area contributed by atoms with Gasteiger partial charge in [0, 0.05) is 41.5 Å². The Morgan fingerprint density at radius 2 is 1.88 bits per heavy atom. The molecule has 6 heteroatoms. The van der Waals surface area contributed by atoms with E-state index in [2.05, 4.69) is 10.3 Å². The largest absolute Gasteiger partial charge is 0.368 e. The molecule has 1 aromatic heterocycles. The van der Waals surface area contributed by atoms with Gasteiger partial charge in [-0.15, -0.1) is 0 Å². The number of fused-ring (bicyclic) bond motifs is 1. The van der Waals surface area contributed by atoms with E-state index < -0.39 is 5.91 Å². The third-order valence-electron chi connectivity index (χ3n) is 3.69. The molecule has 0 atom stereocenters. The third-order valence-corrected chi connectivity index (χ3v) is 3.69. The molecule has 2 aromatic carbocycles. The Morgan fingerprint density at radius 3 is 2.56 bits per heavy atom. The first-order chi connectivity index (χ1) is 12.0. The van der Waals surface area contributed by atoms with E-state index in [0.717, 1.165) is 27.8 Å². The summed E-state index contributed by atoms with van der Waals surface area (Å²) in [4.78, 5) is 26.8. The van der Waals surface area contributed by atoms with Crippen LogP contribution in [0.15, 0.2) is 59.7 Å². The number of aromatic nitrogens is 1. The van der Waals surface area contributed by atoms with Crippen molar-refractivity contribution in [2.24, 2.45) is 10.7 Å². The average Bonchev–Trinajstić information content (AvgIpc) is 2.91. The van der Waals surface area contributed by atoms with Crippen molar-refractivity contribution in [2.45, 2.75) is 13.5 Å². The molecule has 2 amide bonds. The van der Waals surface area contributed by atoms with E-state index in [0.29, 0.717) is 0 Å². The second-order valence-corrected chi connectivity index (χ2v) is 5.68. The molecule has 0 radical (unpaired) electrons. The lowest BCUT2D eigenvalue weighted by Gasteiger charge is -2.01. The van der Waals surface area contributed by atoms with Gasteiger partial charge in [-0.3, -0.25) is 14.6 Å². The summed E-state index contributed by atoms with van der Waals surface area (Å²) in [5, 5.41) is 3.72. The fourth-order valence-corrected chi connectivity index (χ4v) is 2.65. The van der Waals surface area contributed by atoms with Gasteiger partial charge in [0.1, 0.15) is 6.54 Å². The average molecular weight is 334 g/mol.